The second kappa shape index (κ2) is 5.99. The van der Waals surface area contributed by atoms with E-state index in [4.69, 9.17) is 5.11 Å². The van der Waals surface area contributed by atoms with Gasteiger partial charge in [-0.3, -0.25) is 9.69 Å². The Hall–Kier alpha value is -1.30. The van der Waals surface area contributed by atoms with Crippen LogP contribution >= 0.6 is 0 Å². The molecule has 3 atom stereocenters. The molecule has 3 unspecified atom stereocenters. The third-order valence-corrected chi connectivity index (χ3v) is 4.65. The van der Waals surface area contributed by atoms with E-state index in [0.717, 1.165) is 19.5 Å². The summed E-state index contributed by atoms with van der Waals surface area (Å²) in [5.41, 5.74) is 0. The molecule has 0 saturated carbocycles. The average molecular weight is 283 g/mol. The minimum atomic E-state index is -0.772. The van der Waals surface area contributed by atoms with Crippen molar-refractivity contribution in [2.75, 3.05) is 33.2 Å². The number of aliphatic carboxylic acids is 1. The fraction of sp³-hybridized carbons (Fsp3) is 0.857. The van der Waals surface area contributed by atoms with Crippen LogP contribution in [0.1, 0.15) is 26.7 Å². The van der Waals surface area contributed by atoms with Crippen LogP contribution in [0.3, 0.4) is 0 Å². The maximum absolute atomic E-state index is 12.5. The van der Waals surface area contributed by atoms with Crippen molar-refractivity contribution < 1.29 is 14.7 Å². The Morgan fingerprint density at radius 2 is 1.70 bits per heavy atom. The molecule has 2 amide bonds. The Balaban J connectivity index is 1.90. The van der Waals surface area contributed by atoms with Gasteiger partial charge >= 0.3 is 12.0 Å². The minimum Gasteiger partial charge on any atom is -0.481 e. The molecule has 2 rings (SSSR count). The zero-order valence-electron chi connectivity index (χ0n) is 12.6. The molecule has 2 aliphatic rings. The summed E-state index contributed by atoms with van der Waals surface area (Å²) in [7, 11) is 2.09. The monoisotopic (exact) mass is 283 g/mol. The lowest BCUT2D eigenvalue weighted by molar-refractivity contribution is -0.138. The first-order valence-electron chi connectivity index (χ1n) is 7.36. The normalized spacial score (nSPS) is 31.6. The van der Waals surface area contributed by atoms with Crippen molar-refractivity contribution in [3.8, 4) is 0 Å². The van der Waals surface area contributed by atoms with Gasteiger partial charge in [-0.2, -0.15) is 0 Å². The van der Waals surface area contributed by atoms with Crippen LogP contribution in [0, 0.1) is 5.92 Å². The molecule has 2 fully saturated rings. The standard InChI is InChI=1S/C14H25N3O3/c1-10-7-17(8-11(2)15(10)3)14(20)16-5-4-12(9-16)6-13(18)19/h10-12H,4-9H2,1-3H3,(H,18,19). The number of hydrogen-bond acceptors (Lipinski definition) is 3. The zero-order chi connectivity index (χ0) is 14.9. The number of carbonyl (C=O) groups is 2. The largest absolute Gasteiger partial charge is 0.481 e. The van der Waals surface area contributed by atoms with E-state index in [2.05, 4.69) is 25.8 Å². The number of carboxylic acids is 1. The molecule has 114 valence electrons. The Kier molecular flexibility index (Phi) is 4.52. The van der Waals surface area contributed by atoms with Crippen LogP contribution in [0.2, 0.25) is 0 Å². The zero-order valence-corrected chi connectivity index (χ0v) is 12.6. The summed E-state index contributed by atoms with van der Waals surface area (Å²) < 4.78 is 0. The summed E-state index contributed by atoms with van der Waals surface area (Å²) in [5.74, 6) is -0.662. The van der Waals surface area contributed by atoms with Crippen LogP contribution in [-0.2, 0) is 4.79 Å². The van der Waals surface area contributed by atoms with Crippen LogP contribution in [0.5, 0.6) is 0 Å². The molecule has 0 spiro atoms. The van der Waals surface area contributed by atoms with Crippen molar-refractivity contribution in [1.82, 2.24) is 14.7 Å². The number of rotatable bonds is 2. The molecule has 0 bridgehead atoms. The van der Waals surface area contributed by atoms with Gasteiger partial charge in [0, 0.05) is 44.7 Å². The Morgan fingerprint density at radius 3 is 2.25 bits per heavy atom. The van der Waals surface area contributed by atoms with Crippen molar-refractivity contribution in [1.29, 1.82) is 0 Å². The van der Waals surface area contributed by atoms with E-state index in [9.17, 15) is 9.59 Å². The molecule has 0 aromatic heterocycles. The number of likely N-dealkylation sites (N-methyl/N-ethyl adjacent to an activating group) is 1. The highest BCUT2D eigenvalue weighted by atomic mass is 16.4. The van der Waals surface area contributed by atoms with Gasteiger partial charge in [-0.05, 0) is 33.2 Å². The summed E-state index contributed by atoms with van der Waals surface area (Å²) in [4.78, 5) is 29.3. The quantitative estimate of drug-likeness (QED) is 0.819. The summed E-state index contributed by atoms with van der Waals surface area (Å²) in [5, 5.41) is 8.83. The van der Waals surface area contributed by atoms with E-state index >= 15 is 0 Å². The predicted octanol–water partition coefficient (Wildman–Crippen LogP) is 0.927. The van der Waals surface area contributed by atoms with Gasteiger partial charge in [0.05, 0.1) is 0 Å². The fourth-order valence-corrected chi connectivity index (χ4v) is 3.18. The van der Waals surface area contributed by atoms with Crippen LogP contribution in [0.4, 0.5) is 4.79 Å². The highest BCUT2D eigenvalue weighted by Crippen LogP contribution is 2.22. The summed E-state index contributed by atoms with van der Waals surface area (Å²) in [6.45, 7) is 7.03. The van der Waals surface area contributed by atoms with E-state index in [1.807, 2.05) is 9.80 Å². The van der Waals surface area contributed by atoms with E-state index in [1.54, 1.807) is 0 Å². The van der Waals surface area contributed by atoms with Crippen LogP contribution in [0.25, 0.3) is 0 Å². The number of piperazine rings is 1. The summed E-state index contributed by atoms with van der Waals surface area (Å²) in [6.07, 6.45) is 0.968. The molecule has 6 nitrogen and oxygen atoms in total. The second-order valence-corrected chi connectivity index (χ2v) is 6.25. The number of nitrogens with zero attached hydrogens (tertiary/aromatic N) is 3. The summed E-state index contributed by atoms with van der Waals surface area (Å²) >= 11 is 0. The number of urea groups is 1. The molecule has 2 saturated heterocycles. The maximum Gasteiger partial charge on any atom is 0.320 e. The first-order chi connectivity index (χ1) is 9.38. The molecule has 0 radical (unpaired) electrons. The highest BCUT2D eigenvalue weighted by molar-refractivity contribution is 5.75. The number of amides is 2. The highest BCUT2D eigenvalue weighted by Gasteiger charge is 2.34. The van der Waals surface area contributed by atoms with Gasteiger partial charge in [-0.25, -0.2) is 4.79 Å². The van der Waals surface area contributed by atoms with Crippen molar-refractivity contribution in [2.24, 2.45) is 5.92 Å². The number of likely N-dealkylation sites (tertiary alicyclic amines) is 1. The van der Waals surface area contributed by atoms with E-state index in [1.165, 1.54) is 0 Å². The van der Waals surface area contributed by atoms with Crippen LogP contribution in [-0.4, -0.2) is 77.1 Å². The second-order valence-electron chi connectivity index (χ2n) is 6.25. The van der Waals surface area contributed by atoms with Crippen molar-refractivity contribution >= 4 is 12.0 Å². The van der Waals surface area contributed by atoms with Gasteiger partial charge in [0.15, 0.2) is 0 Å². The number of carboxylic acid groups (broad SMARTS) is 1. The average Bonchev–Trinajstić information content (AvgIpc) is 2.82. The van der Waals surface area contributed by atoms with Crippen molar-refractivity contribution in [3.05, 3.63) is 0 Å². The molecular formula is C14H25N3O3. The Labute approximate surface area is 120 Å². The minimum absolute atomic E-state index is 0.0738. The molecule has 1 N–H and O–H groups in total. The lowest BCUT2D eigenvalue weighted by Crippen LogP contribution is -2.58. The lowest BCUT2D eigenvalue weighted by Gasteiger charge is -2.43. The van der Waals surface area contributed by atoms with Gasteiger partial charge in [0.2, 0.25) is 0 Å². The molecule has 6 heteroatoms. The molecule has 2 heterocycles. The smallest absolute Gasteiger partial charge is 0.320 e. The van der Waals surface area contributed by atoms with E-state index in [0.29, 0.717) is 25.2 Å². The van der Waals surface area contributed by atoms with Gasteiger partial charge in [-0.15, -0.1) is 0 Å². The lowest BCUT2D eigenvalue weighted by atomic mass is 10.1. The molecular weight excluding hydrogens is 258 g/mol. The summed E-state index contributed by atoms with van der Waals surface area (Å²) in [6, 6.07) is 0.796. The van der Waals surface area contributed by atoms with Crippen LogP contribution in [0.15, 0.2) is 0 Å². The predicted molar refractivity (Wildman–Crippen MR) is 75.6 cm³/mol. The van der Waals surface area contributed by atoms with E-state index in [-0.39, 0.29) is 18.4 Å². The third kappa shape index (κ3) is 3.23. The van der Waals surface area contributed by atoms with Crippen LogP contribution < -0.4 is 0 Å². The Bertz CT molecular complexity index is 376. The third-order valence-electron chi connectivity index (χ3n) is 4.65. The SMILES string of the molecule is CC1CN(C(=O)N2CCC(CC(=O)O)C2)CC(C)N1C. The Morgan fingerprint density at radius 1 is 1.10 bits per heavy atom. The molecule has 0 aromatic rings. The first kappa shape index (κ1) is 15.1. The maximum atomic E-state index is 12.5. The van der Waals surface area contributed by atoms with E-state index < -0.39 is 5.97 Å². The number of hydrogen-bond donors (Lipinski definition) is 1. The van der Waals surface area contributed by atoms with Gasteiger partial charge in [-0.1, -0.05) is 0 Å². The topological polar surface area (TPSA) is 64.1 Å². The first-order valence-corrected chi connectivity index (χ1v) is 7.36. The molecule has 20 heavy (non-hydrogen) atoms. The van der Waals surface area contributed by atoms with Gasteiger partial charge in [0.1, 0.15) is 0 Å². The van der Waals surface area contributed by atoms with Crippen molar-refractivity contribution in [3.63, 3.8) is 0 Å². The number of carbonyl (C=O) groups excluding carboxylic acids is 1. The van der Waals surface area contributed by atoms with Gasteiger partial charge in [0.25, 0.3) is 0 Å². The molecule has 0 aromatic carbocycles. The molecule has 0 aliphatic carbocycles. The fourth-order valence-electron chi connectivity index (χ4n) is 3.18. The molecule has 2 aliphatic heterocycles. The van der Waals surface area contributed by atoms with Gasteiger partial charge < -0.3 is 14.9 Å². The van der Waals surface area contributed by atoms with Crippen molar-refractivity contribution in [2.45, 2.75) is 38.8 Å².